The Morgan fingerprint density at radius 3 is 2.35 bits per heavy atom. The van der Waals surface area contributed by atoms with Gasteiger partial charge in [-0.15, -0.1) is 0 Å². The molecule has 116 valence electrons. The van der Waals surface area contributed by atoms with Gasteiger partial charge in [0.1, 0.15) is 0 Å². The molecule has 3 aromatic carbocycles. The van der Waals surface area contributed by atoms with Crippen molar-refractivity contribution in [1.29, 1.82) is 0 Å². The number of rotatable bonds is 2. The largest absolute Gasteiger partial charge is 0.363 e. The zero-order chi connectivity index (χ0) is 16.0. The minimum absolute atomic E-state index is 0.161. The van der Waals surface area contributed by atoms with Crippen LogP contribution in [-0.2, 0) is 12.0 Å². The Balaban J connectivity index is 1.91. The van der Waals surface area contributed by atoms with Crippen LogP contribution in [0.3, 0.4) is 0 Å². The molecule has 1 unspecified atom stereocenters. The molecule has 0 aromatic heterocycles. The predicted octanol–water partition coefficient (Wildman–Crippen LogP) is 5.53. The summed E-state index contributed by atoms with van der Waals surface area (Å²) in [6.45, 7) is 8.07. The summed E-state index contributed by atoms with van der Waals surface area (Å²) in [7, 11) is 0. The maximum atomic E-state index is 2.59. The summed E-state index contributed by atoms with van der Waals surface area (Å²) in [4.78, 5) is 2.59. The molecule has 1 heterocycles. The van der Waals surface area contributed by atoms with Crippen LogP contribution in [0.5, 0.6) is 0 Å². The summed E-state index contributed by atoms with van der Waals surface area (Å²) in [5.41, 5.74) is 4.42. The molecular weight excluding hydrogens is 278 g/mol. The van der Waals surface area contributed by atoms with Gasteiger partial charge in [-0.3, -0.25) is 0 Å². The van der Waals surface area contributed by atoms with E-state index in [1.807, 2.05) is 0 Å². The summed E-state index contributed by atoms with van der Waals surface area (Å²) in [5, 5.41) is 2.70. The fourth-order valence-electron chi connectivity index (χ4n) is 3.89. The smallest absolute Gasteiger partial charge is 0.0490 e. The topological polar surface area (TPSA) is 3.24 Å². The van der Waals surface area contributed by atoms with E-state index in [1.54, 1.807) is 0 Å². The fraction of sp³-hybridized carbons (Fsp3) is 0.273. The Bertz CT molecular complexity index is 848. The van der Waals surface area contributed by atoms with Crippen LogP contribution in [-0.4, -0.2) is 6.04 Å². The van der Waals surface area contributed by atoms with E-state index in [4.69, 9.17) is 0 Å². The maximum Gasteiger partial charge on any atom is 0.0490 e. The number of hydrogen-bond acceptors (Lipinski definition) is 1. The zero-order valence-corrected chi connectivity index (χ0v) is 14.1. The van der Waals surface area contributed by atoms with E-state index in [-0.39, 0.29) is 5.41 Å². The van der Waals surface area contributed by atoms with Crippen molar-refractivity contribution in [3.8, 4) is 0 Å². The lowest BCUT2D eigenvalue weighted by Crippen LogP contribution is -2.38. The molecule has 1 aliphatic heterocycles. The summed E-state index contributed by atoms with van der Waals surface area (Å²) in [6.07, 6.45) is 0. The molecule has 0 spiro atoms. The van der Waals surface area contributed by atoms with E-state index in [0.29, 0.717) is 6.04 Å². The van der Waals surface area contributed by atoms with Gasteiger partial charge >= 0.3 is 0 Å². The standard InChI is InChI=1S/C22H23N/c1-16-22(2,3)20-14-13-18-11-7-8-12-19(18)21(20)23(16)15-17-9-5-4-6-10-17/h4-14,16H,15H2,1-3H3. The third-order valence-electron chi connectivity index (χ3n) is 5.59. The van der Waals surface area contributed by atoms with E-state index < -0.39 is 0 Å². The SMILES string of the molecule is CC1N(Cc2ccccc2)c2c(ccc3ccccc23)C1(C)C. The molecule has 4 rings (SSSR count). The van der Waals surface area contributed by atoms with Gasteiger partial charge in [0.05, 0.1) is 0 Å². The number of anilines is 1. The second-order valence-corrected chi connectivity index (χ2v) is 7.19. The molecule has 0 aliphatic carbocycles. The van der Waals surface area contributed by atoms with E-state index in [1.165, 1.54) is 27.6 Å². The van der Waals surface area contributed by atoms with Crippen molar-refractivity contribution in [2.45, 2.75) is 38.8 Å². The first-order valence-corrected chi connectivity index (χ1v) is 8.42. The van der Waals surface area contributed by atoms with Crippen molar-refractivity contribution in [2.24, 2.45) is 0 Å². The van der Waals surface area contributed by atoms with Gasteiger partial charge in [-0.1, -0.05) is 80.6 Å². The molecule has 0 radical (unpaired) electrons. The Labute approximate surface area is 138 Å². The van der Waals surface area contributed by atoms with Crippen molar-refractivity contribution >= 4 is 16.5 Å². The molecule has 1 atom stereocenters. The summed E-state index contributed by atoms with van der Waals surface area (Å²) in [6, 6.07) is 24.6. The van der Waals surface area contributed by atoms with Crippen LogP contribution >= 0.6 is 0 Å². The van der Waals surface area contributed by atoms with Gasteiger partial charge in [0.2, 0.25) is 0 Å². The number of fused-ring (bicyclic) bond motifs is 3. The van der Waals surface area contributed by atoms with E-state index in [9.17, 15) is 0 Å². The van der Waals surface area contributed by atoms with Crippen LogP contribution in [0, 0.1) is 0 Å². The van der Waals surface area contributed by atoms with Gasteiger partial charge in [0, 0.05) is 29.1 Å². The van der Waals surface area contributed by atoms with Gasteiger partial charge in [-0.25, -0.2) is 0 Å². The highest BCUT2D eigenvalue weighted by molar-refractivity contribution is 5.98. The lowest BCUT2D eigenvalue weighted by Gasteiger charge is -2.31. The van der Waals surface area contributed by atoms with Crippen LogP contribution in [0.1, 0.15) is 31.9 Å². The molecule has 1 heteroatoms. The molecule has 1 aliphatic rings. The summed E-state index contributed by atoms with van der Waals surface area (Å²) >= 11 is 0. The normalized spacial score (nSPS) is 19.1. The van der Waals surface area contributed by atoms with Crippen molar-refractivity contribution < 1.29 is 0 Å². The average Bonchev–Trinajstić information content (AvgIpc) is 2.77. The van der Waals surface area contributed by atoms with Gasteiger partial charge in [-0.05, 0) is 23.4 Å². The first-order valence-electron chi connectivity index (χ1n) is 8.42. The average molecular weight is 301 g/mol. The first-order chi connectivity index (χ1) is 11.1. The highest BCUT2D eigenvalue weighted by Gasteiger charge is 2.42. The summed E-state index contributed by atoms with van der Waals surface area (Å²) in [5.74, 6) is 0. The van der Waals surface area contributed by atoms with Crippen LogP contribution < -0.4 is 4.90 Å². The monoisotopic (exact) mass is 301 g/mol. The van der Waals surface area contributed by atoms with Crippen molar-refractivity contribution in [3.63, 3.8) is 0 Å². The molecule has 23 heavy (non-hydrogen) atoms. The second-order valence-electron chi connectivity index (χ2n) is 7.19. The quantitative estimate of drug-likeness (QED) is 0.602. The lowest BCUT2D eigenvalue weighted by molar-refractivity contribution is 0.440. The third kappa shape index (κ3) is 2.15. The highest BCUT2D eigenvalue weighted by Crippen LogP contribution is 2.48. The molecule has 0 bridgehead atoms. The van der Waals surface area contributed by atoms with Gasteiger partial charge in [0.25, 0.3) is 0 Å². The molecule has 0 saturated carbocycles. The molecule has 0 N–H and O–H groups in total. The Morgan fingerprint density at radius 2 is 1.57 bits per heavy atom. The Hall–Kier alpha value is -2.28. The van der Waals surface area contributed by atoms with Crippen LogP contribution in [0.2, 0.25) is 0 Å². The lowest BCUT2D eigenvalue weighted by atomic mass is 9.81. The van der Waals surface area contributed by atoms with E-state index >= 15 is 0 Å². The molecule has 0 saturated heterocycles. The molecule has 1 nitrogen and oxygen atoms in total. The number of hydrogen-bond donors (Lipinski definition) is 0. The molecule has 0 fully saturated rings. The van der Waals surface area contributed by atoms with Crippen LogP contribution in [0.4, 0.5) is 5.69 Å². The van der Waals surface area contributed by atoms with E-state index in [0.717, 1.165) is 6.54 Å². The minimum atomic E-state index is 0.161. The first kappa shape index (κ1) is 14.3. The fourth-order valence-corrected chi connectivity index (χ4v) is 3.89. The van der Waals surface area contributed by atoms with Crippen LogP contribution in [0.25, 0.3) is 10.8 Å². The number of nitrogens with zero attached hydrogens (tertiary/aromatic N) is 1. The summed E-state index contributed by atoms with van der Waals surface area (Å²) < 4.78 is 0. The van der Waals surface area contributed by atoms with Crippen molar-refractivity contribution in [1.82, 2.24) is 0 Å². The number of benzene rings is 3. The van der Waals surface area contributed by atoms with Gasteiger partial charge < -0.3 is 4.90 Å². The Morgan fingerprint density at radius 1 is 0.870 bits per heavy atom. The predicted molar refractivity (Wildman–Crippen MR) is 99.1 cm³/mol. The maximum absolute atomic E-state index is 2.59. The van der Waals surface area contributed by atoms with Gasteiger partial charge in [-0.2, -0.15) is 0 Å². The molecule has 0 amide bonds. The minimum Gasteiger partial charge on any atom is -0.363 e. The zero-order valence-electron chi connectivity index (χ0n) is 14.1. The second kappa shape index (κ2) is 5.13. The van der Waals surface area contributed by atoms with Crippen molar-refractivity contribution in [2.75, 3.05) is 4.90 Å². The van der Waals surface area contributed by atoms with Crippen LogP contribution in [0.15, 0.2) is 66.7 Å². The van der Waals surface area contributed by atoms with Gasteiger partial charge in [0.15, 0.2) is 0 Å². The van der Waals surface area contributed by atoms with Crippen molar-refractivity contribution in [3.05, 3.63) is 77.9 Å². The Kier molecular flexibility index (Phi) is 3.19. The molecular formula is C22H23N. The van der Waals surface area contributed by atoms with E-state index in [2.05, 4.69) is 92.4 Å². The molecule has 3 aromatic rings. The third-order valence-corrected chi connectivity index (χ3v) is 5.59. The highest BCUT2D eigenvalue weighted by atomic mass is 15.2.